The summed E-state index contributed by atoms with van der Waals surface area (Å²) in [6, 6.07) is 9.51. The minimum Gasteiger partial charge on any atom is -0.366 e. The highest BCUT2D eigenvalue weighted by atomic mass is 35.5. The first-order chi connectivity index (χ1) is 11.2. The molecule has 0 fully saturated rings. The minimum absolute atomic E-state index is 0.0808. The lowest BCUT2D eigenvalue weighted by Gasteiger charge is -2.14. The first-order valence-electron chi connectivity index (χ1n) is 6.51. The van der Waals surface area contributed by atoms with Gasteiger partial charge in [0.05, 0.1) is 10.6 Å². The average molecular weight is 374 g/mol. The summed E-state index contributed by atoms with van der Waals surface area (Å²) in [5.41, 5.74) is 5.18. The van der Waals surface area contributed by atoms with E-state index in [1.807, 2.05) is 0 Å². The van der Waals surface area contributed by atoms with Crippen LogP contribution in [-0.4, -0.2) is 11.0 Å². The van der Waals surface area contributed by atoms with Crippen LogP contribution in [0, 0.1) is 0 Å². The summed E-state index contributed by atoms with van der Waals surface area (Å²) in [5, 5.41) is 5.11. The smallest absolute Gasteiger partial charge is 0.366 e. The Hall–Kier alpha value is -2.32. The number of nitrogens with one attached hydrogen (secondary N) is 2. The molecule has 0 spiro atoms. The van der Waals surface area contributed by atoms with Gasteiger partial charge in [-0.2, -0.15) is 13.2 Å². The highest BCUT2D eigenvalue weighted by Gasteiger charge is 2.33. The van der Waals surface area contributed by atoms with Crippen molar-refractivity contribution >= 4 is 46.2 Å². The summed E-state index contributed by atoms with van der Waals surface area (Å²) >= 11 is 10.6. The summed E-state index contributed by atoms with van der Waals surface area (Å²) in [6.07, 6.45) is -4.56. The molecule has 0 unspecified atom stereocenters. The van der Waals surface area contributed by atoms with Gasteiger partial charge < -0.3 is 16.4 Å². The standard InChI is InChI=1S/C15H11ClF3N3OS/c16-12-6-5-10(7-11(12)15(17,18)19)22-14(24)21-9-3-1-8(2-4-9)13(20)23/h1-7H,(H2,20,23)(H2,21,22,24). The molecular formula is C15H11ClF3N3OS. The van der Waals surface area contributed by atoms with Gasteiger partial charge in [-0.25, -0.2) is 0 Å². The first kappa shape index (κ1) is 18.0. The number of benzene rings is 2. The molecule has 2 aromatic carbocycles. The molecule has 1 amide bonds. The lowest BCUT2D eigenvalue weighted by atomic mass is 10.2. The van der Waals surface area contributed by atoms with Crippen molar-refractivity contribution in [3.8, 4) is 0 Å². The Morgan fingerprint density at radius 2 is 1.58 bits per heavy atom. The molecule has 0 saturated carbocycles. The van der Waals surface area contributed by atoms with Crippen LogP contribution in [0.25, 0.3) is 0 Å². The van der Waals surface area contributed by atoms with E-state index < -0.39 is 22.7 Å². The fourth-order valence-corrected chi connectivity index (χ4v) is 2.29. The van der Waals surface area contributed by atoms with E-state index in [4.69, 9.17) is 29.6 Å². The molecule has 0 aliphatic carbocycles. The maximum atomic E-state index is 12.8. The molecule has 0 saturated heterocycles. The highest BCUT2D eigenvalue weighted by Crippen LogP contribution is 2.36. The number of thiocarbonyl (C=S) groups is 1. The number of carbonyl (C=O) groups excluding carboxylic acids is 1. The molecule has 2 rings (SSSR count). The zero-order valence-corrected chi connectivity index (χ0v) is 13.5. The van der Waals surface area contributed by atoms with Gasteiger partial charge in [0.2, 0.25) is 5.91 Å². The molecule has 4 N–H and O–H groups in total. The van der Waals surface area contributed by atoms with Crippen LogP contribution in [-0.2, 0) is 6.18 Å². The van der Waals surface area contributed by atoms with Gasteiger partial charge in [0.1, 0.15) is 0 Å². The number of primary amides is 1. The zero-order valence-electron chi connectivity index (χ0n) is 11.9. The van der Waals surface area contributed by atoms with E-state index in [2.05, 4.69) is 10.6 Å². The Balaban J connectivity index is 2.08. The quantitative estimate of drug-likeness (QED) is 0.703. The summed E-state index contributed by atoms with van der Waals surface area (Å²) in [4.78, 5) is 11.0. The Morgan fingerprint density at radius 3 is 2.12 bits per heavy atom. The van der Waals surface area contributed by atoms with Gasteiger partial charge >= 0.3 is 6.18 Å². The molecular weight excluding hydrogens is 363 g/mol. The monoisotopic (exact) mass is 373 g/mol. The average Bonchev–Trinajstić information content (AvgIpc) is 2.48. The van der Waals surface area contributed by atoms with Crippen molar-refractivity contribution in [2.75, 3.05) is 10.6 Å². The van der Waals surface area contributed by atoms with Crippen LogP contribution < -0.4 is 16.4 Å². The molecule has 126 valence electrons. The fourth-order valence-electron chi connectivity index (χ4n) is 1.83. The topological polar surface area (TPSA) is 67.2 Å². The predicted molar refractivity (Wildman–Crippen MR) is 91.3 cm³/mol. The molecule has 0 atom stereocenters. The highest BCUT2D eigenvalue weighted by molar-refractivity contribution is 7.80. The molecule has 0 aromatic heterocycles. The summed E-state index contributed by atoms with van der Waals surface area (Å²) in [6.45, 7) is 0. The number of anilines is 2. The number of alkyl halides is 3. The second kappa shape index (κ2) is 7.06. The Labute approximate surface area is 145 Å². The molecule has 0 radical (unpaired) electrons. The number of amides is 1. The summed E-state index contributed by atoms with van der Waals surface area (Å²) in [5.74, 6) is -0.567. The molecule has 0 bridgehead atoms. The van der Waals surface area contributed by atoms with Gasteiger partial charge in [0.25, 0.3) is 0 Å². The normalized spacial score (nSPS) is 11.0. The minimum atomic E-state index is -4.56. The molecule has 2 aromatic rings. The van der Waals surface area contributed by atoms with Crippen LogP contribution in [0.5, 0.6) is 0 Å². The van der Waals surface area contributed by atoms with Crippen molar-refractivity contribution in [2.45, 2.75) is 6.18 Å². The van der Waals surface area contributed by atoms with Crippen molar-refractivity contribution in [2.24, 2.45) is 5.73 Å². The van der Waals surface area contributed by atoms with Crippen LogP contribution in [0.1, 0.15) is 15.9 Å². The first-order valence-corrected chi connectivity index (χ1v) is 7.30. The van der Waals surface area contributed by atoms with Crippen molar-refractivity contribution in [3.05, 3.63) is 58.6 Å². The summed E-state index contributed by atoms with van der Waals surface area (Å²) in [7, 11) is 0. The van der Waals surface area contributed by atoms with Gasteiger partial charge in [-0.05, 0) is 54.7 Å². The number of hydrogen-bond acceptors (Lipinski definition) is 2. The molecule has 4 nitrogen and oxygen atoms in total. The molecule has 24 heavy (non-hydrogen) atoms. The lowest BCUT2D eigenvalue weighted by molar-refractivity contribution is -0.137. The van der Waals surface area contributed by atoms with E-state index in [9.17, 15) is 18.0 Å². The van der Waals surface area contributed by atoms with Crippen LogP contribution in [0.3, 0.4) is 0 Å². The van der Waals surface area contributed by atoms with E-state index >= 15 is 0 Å². The largest absolute Gasteiger partial charge is 0.417 e. The SMILES string of the molecule is NC(=O)c1ccc(NC(=S)Nc2ccc(Cl)c(C(F)(F)F)c2)cc1. The van der Waals surface area contributed by atoms with Crippen molar-refractivity contribution < 1.29 is 18.0 Å². The Kier molecular flexibility index (Phi) is 5.30. The van der Waals surface area contributed by atoms with Crippen molar-refractivity contribution in [1.82, 2.24) is 0 Å². The Morgan fingerprint density at radius 1 is 1.04 bits per heavy atom. The van der Waals surface area contributed by atoms with Crippen molar-refractivity contribution in [3.63, 3.8) is 0 Å². The maximum Gasteiger partial charge on any atom is 0.417 e. The van der Waals surface area contributed by atoms with Crippen LogP contribution in [0.4, 0.5) is 24.5 Å². The second-order valence-corrected chi connectivity index (χ2v) is 5.53. The van der Waals surface area contributed by atoms with E-state index in [1.54, 1.807) is 12.1 Å². The van der Waals surface area contributed by atoms with E-state index in [0.717, 1.165) is 12.1 Å². The molecule has 0 aliphatic heterocycles. The van der Waals surface area contributed by atoms with Crippen LogP contribution in [0.2, 0.25) is 5.02 Å². The number of halogens is 4. The van der Waals surface area contributed by atoms with Crippen LogP contribution in [0.15, 0.2) is 42.5 Å². The third-order valence-electron chi connectivity index (χ3n) is 2.96. The molecule has 0 aliphatic rings. The number of hydrogen-bond donors (Lipinski definition) is 3. The maximum absolute atomic E-state index is 12.8. The molecule has 9 heteroatoms. The van der Waals surface area contributed by atoms with Gasteiger partial charge in [0, 0.05) is 16.9 Å². The van der Waals surface area contributed by atoms with Gasteiger partial charge in [-0.1, -0.05) is 11.6 Å². The number of nitrogens with two attached hydrogens (primary N) is 1. The van der Waals surface area contributed by atoms with Crippen LogP contribution >= 0.6 is 23.8 Å². The Bertz CT molecular complexity index is 779. The van der Waals surface area contributed by atoms with Gasteiger partial charge in [-0.3, -0.25) is 4.79 Å². The van der Waals surface area contributed by atoms with Gasteiger partial charge in [-0.15, -0.1) is 0 Å². The molecule has 0 heterocycles. The summed E-state index contributed by atoms with van der Waals surface area (Å²) < 4.78 is 38.5. The van der Waals surface area contributed by atoms with E-state index in [0.29, 0.717) is 11.3 Å². The third kappa shape index (κ3) is 4.59. The third-order valence-corrected chi connectivity index (χ3v) is 3.49. The number of rotatable bonds is 3. The lowest BCUT2D eigenvalue weighted by Crippen LogP contribution is -2.19. The van der Waals surface area contributed by atoms with E-state index in [-0.39, 0.29) is 10.8 Å². The predicted octanol–water partition coefficient (Wildman–Crippen LogP) is 4.27. The van der Waals surface area contributed by atoms with Crippen molar-refractivity contribution in [1.29, 1.82) is 0 Å². The second-order valence-electron chi connectivity index (χ2n) is 4.71. The fraction of sp³-hybridized carbons (Fsp3) is 0.0667. The number of carbonyl (C=O) groups is 1. The van der Waals surface area contributed by atoms with Gasteiger partial charge in [0.15, 0.2) is 5.11 Å². The van der Waals surface area contributed by atoms with E-state index in [1.165, 1.54) is 18.2 Å². The zero-order chi connectivity index (χ0) is 17.9.